The second kappa shape index (κ2) is 6.34. The van der Waals surface area contributed by atoms with Crippen LogP contribution in [0.1, 0.15) is 48.5 Å². The predicted octanol–water partition coefficient (Wildman–Crippen LogP) is 3.45. The van der Waals surface area contributed by atoms with Gasteiger partial charge in [-0.3, -0.25) is 4.79 Å². The van der Waals surface area contributed by atoms with Crippen LogP contribution < -0.4 is 0 Å². The van der Waals surface area contributed by atoms with Gasteiger partial charge in [-0.2, -0.15) is 0 Å². The lowest BCUT2D eigenvalue weighted by Crippen LogP contribution is -2.40. The van der Waals surface area contributed by atoms with Crippen LogP contribution in [0.25, 0.3) is 0 Å². The quantitative estimate of drug-likeness (QED) is 0.722. The van der Waals surface area contributed by atoms with Crippen molar-refractivity contribution in [3.8, 4) is 0 Å². The summed E-state index contributed by atoms with van der Waals surface area (Å²) < 4.78 is 0. The van der Waals surface area contributed by atoms with Gasteiger partial charge in [0.15, 0.2) is 0 Å². The van der Waals surface area contributed by atoms with Gasteiger partial charge in [-0.1, -0.05) is 53.7 Å². The molecule has 2 nitrogen and oxygen atoms in total. The first kappa shape index (κ1) is 16.4. The normalized spacial score (nSPS) is 18.4. The summed E-state index contributed by atoms with van der Waals surface area (Å²) >= 11 is 0. The predicted molar refractivity (Wildman–Crippen MR) is 72.8 cm³/mol. The van der Waals surface area contributed by atoms with Crippen LogP contribution in [-0.2, 0) is 4.79 Å². The molecule has 17 heavy (non-hydrogen) atoms. The zero-order chi connectivity index (χ0) is 13.8. The minimum Gasteiger partial charge on any atom is -0.392 e. The maximum Gasteiger partial charge on any atom is 0.144 e. The van der Waals surface area contributed by atoms with Crippen molar-refractivity contribution in [3.05, 3.63) is 12.2 Å². The van der Waals surface area contributed by atoms with Gasteiger partial charge in [0.2, 0.25) is 0 Å². The standard InChI is InChI=1S/C15H28O2/c1-8-9-11(4)13(16)12(5)14(17)15(6,7)10(2)3/h8-13,16H,1-7H3/b9-8+/t11-,12+,13-/m0/s1. The third kappa shape index (κ3) is 3.95. The van der Waals surface area contributed by atoms with Gasteiger partial charge < -0.3 is 5.11 Å². The largest absolute Gasteiger partial charge is 0.392 e. The molecular weight excluding hydrogens is 212 g/mol. The van der Waals surface area contributed by atoms with E-state index in [-0.39, 0.29) is 29.0 Å². The molecule has 0 fully saturated rings. The van der Waals surface area contributed by atoms with E-state index in [1.54, 1.807) is 0 Å². The summed E-state index contributed by atoms with van der Waals surface area (Å²) in [6, 6.07) is 0. The maximum absolute atomic E-state index is 12.4. The fourth-order valence-corrected chi connectivity index (χ4v) is 1.90. The molecule has 0 aromatic rings. The number of rotatable bonds is 6. The highest BCUT2D eigenvalue weighted by Crippen LogP contribution is 2.32. The van der Waals surface area contributed by atoms with Crippen LogP contribution in [0.15, 0.2) is 12.2 Å². The van der Waals surface area contributed by atoms with E-state index < -0.39 is 6.10 Å². The lowest BCUT2D eigenvalue weighted by atomic mass is 9.71. The molecule has 0 unspecified atom stereocenters. The summed E-state index contributed by atoms with van der Waals surface area (Å²) in [5, 5.41) is 10.2. The Labute approximate surface area is 106 Å². The molecule has 0 bridgehead atoms. The molecule has 0 saturated heterocycles. The van der Waals surface area contributed by atoms with Crippen molar-refractivity contribution in [2.75, 3.05) is 0 Å². The van der Waals surface area contributed by atoms with Crippen molar-refractivity contribution in [3.63, 3.8) is 0 Å². The Morgan fingerprint density at radius 3 is 2.00 bits per heavy atom. The first-order valence-corrected chi connectivity index (χ1v) is 6.51. The Balaban J connectivity index is 4.82. The average Bonchev–Trinajstić information content (AvgIpc) is 2.25. The Kier molecular flexibility index (Phi) is 6.11. The van der Waals surface area contributed by atoms with Crippen molar-refractivity contribution in [2.24, 2.45) is 23.2 Å². The number of Topliss-reactive ketones (excluding diaryl/α,β-unsaturated/α-hetero) is 1. The van der Waals surface area contributed by atoms with Crippen molar-refractivity contribution in [1.29, 1.82) is 0 Å². The van der Waals surface area contributed by atoms with E-state index in [4.69, 9.17) is 0 Å². The maximum atomic E-state index is 12.4. The molecule has 0 amide bonds. The molecule has 1 N–H and O–H groups in total. The number of carbonyl (C=O) groups is 1. The zero-order valence-electron chi connectivity index (χ0n) is 12.3. The van der Waals surface area contributed by atoms with Crippen LogP contribution in [0.4, 0.5) is 0 Å². The van der Waals surface area contributed by atoms with Crippen LogP contribution in [0.2, 0.25) is 0 Å². The smallest absolute Gasteiger partial charge is 0.144 e. The summed E-state index contributed by atoms with van der Waals surface area (Å²) in [4.78, 5) is 12.4. The first-order chi connectivity index (χ1) is 7.66. The summed E-state index contributed by atoms with van der Waals surface area (Å²) in [6.45, 7) is 13.7. The molecule has 0 saturated carbocycles. The summed E-state index contributed by atoms with van der Waals surface area (Å²) in [7, 11) is 0. The van der Waals surface area contributed by atoms with E-state index in [1.165, 1.54) is 0 Å². The average molecular weight is 240 g/mol. The van der Waals surface area contributed by atoms with Crippen LogP contribution in [-0.4, -0.2) is 17.0 Å². The van der Waals surface area contributed by atoms with Gasteiger partial charge in [0.1, 0.15) is 5.78 Å². The van der Waals surface area contributed by atoms with Gasteiger partial charge in [0.05, 0.1) is 6.10 Å². The lowest BCUT2D eigenvalue weighted by molar-refractivity contribution is -0.137. The SMILES string of the molecule is C/C=C/[C@H](C)[C@H](O)[C@@H](C)C(=O)C(C)(C)C(C)C. The van der Waals surface area contributed by atoms with Crippen LogP contribution in [0, 0.1) is 23.2 Å². The monoisotopic (exact) mass is 240 g/mol. The van der Waals surface area contributed by atoms with E-state index in [9.17, 15) is 9.90 Å². The second-order valence-corrected chi connectivity index (χ2v) is 5.90. The first-order valence-electron chi connectivity index (χ1n) is 6.51. The van der Waals surface area contributed by atoms with Crippen LogP contribution in [0.3, 0.4) is 0 Å². The lowest BCUT2D eigenvalue weighted by Gasteiger charge is -2.33. The molecule has 2 heteroatoms. The van der Waals surface area contributed by atoms with Crippen molar-refractivity contribution < 1.29 is 9.90 Å². The highest BCUT2D eigenvalue weighted by molar-refractivity contribution is 5.86. The molecule has 0 rings (SSSR count). The van der Waals surface area contributed by atoms with Gasteiger partial charge in [-0.15, -0.1) is 0 Å². The molecule has 0 spiro atoms. The van der Waals surface area contributed by atoms with Crippen molar-refractivity contribution in [2.45, 2.75) is 54.6 Å². The minimum atomic E-state index is -0.600. The van der Waals surface area contributed by atoms with E-state index in [0.29, 0.717) is 0 Å². The van der Waals surface area contributed by atoms with E-state index in [0.717, 1.165) is 0 Å². The van der Waals surface area contributed by atoms with Gasteiger partial charge in [-0.05, 0) is 12.8 Å². The Hall–Kier alpha value is -0.630. The van der Waals surface area contributed by atoms with E-state index in [1.807, 2.05) is 60.6 Å². The molecule has 0 aliphatic rings. The number of aliphatic hydroxyl groups is 1. The summed E-state index contributed by atoms with van der Waals surface area (Å²) in [5.74, 6) is 0.124. The fraction of sp³-hybridized carbons (Fsp3) is 0.800. The highest BCUT2D eigenvalue weighted by Gasteiger charge is 2.37. The summed E-state index contributed by atoms with van der Waals surface area (Å²) in [5.41, 5.74) is -0.379. The summed E-state index contributed by atoms with van der Waals surface area (Å²) in [6.07, 6.45) is 3.26. The van der Waals surface area contributed by atoms with Gasteiger partial charge in [0.25, 0.3) is 0 Å². The molecule has 0 aliphatic heterocycles. The highest BCUT2D eigenvalue weighted by atomic mass is 16.3. The van der Waals surface area contributed by atoms with Gasteiger partial charge >= 0.3 is 0 Å². The fourth-order valence-electron chi connectivity index (χ4n) is 1.90. The Morgan fingerprint density at radius 1 is 1.18 bits per heavy atom. The number of hydrogen-bond acceptors (Lipinski definition) is 2. The zero-order valence-corrected chi connectivity index (χ0v) is 12.3. The number of allylic oxidation sites excluding steroid dienone is 1. The molecule has 0 aliphatic carbocycles. The third-order valence-electron chi connectivity index (χ3n) is 4.04. The number of aliphatic hydroxyl groups excluding tert-OH is 1. The molecule has 0 heterocycles. The number of hydrogen-bond donors (Lipinski definition) is 1. The molecule has 0 aromatic heterocycles. The van der Waals surface area contributed by atoms with Crippen LogP contribution >= 0.6 is 0 Å². The van der Waals surface area contributed by atoms with Crippen molar-refractivity contribution >= 4 is 5.78 Å². The number of carbonyl (C=O) groups excluding carboxylic acids is 1. The molecule has 100 valence electrons. The van der Waals surface area contributed by atoms with E-state index in [2.05, 4.69) is 0 Å². The third-order valence-corrected chi connectivity index (χ3v) is 4.04. The van der Waals surface area contributed by atoms with E-state index >= 15 is 0 Å². The molecule has 0 aromatic carbocycles. The van der Waals surface area contributed by atoms with Crippen LogP contribution in [0.5, 0.6) is 0 Å². The Morgan fingerprint density at radius 2 is 1.65 bits per heavy atom. The van der Waals surface area contributed by atoms with Crippen molar-refractivity contribution in [1.82, 2.24) is 0 Å². The molecular formula is C15H28O2. The molecule has 0 radical (unpaired) electrons. The Bertz CT molecular complexity index is 277. The van der Waals surface area contributed by atoms with Gasteiger partial charge in [0, 0.05) is 17.3 Å². The molecule has 3 atom stereocenters. The number of ketones is 1. The topological polar surface area (TPSA) is 37.3 Å². The minimum absolute atomic E-state index is 0.0157. The van der Waals surface area contributed by atoms with Gasteiger partial charge in [-0.25, -0.2) is 0 Å². The second-order valence-electron chi connectivity index (χ2n) is 5.90.